The first-order valence-corrected chi connectivity index (χ1v) is 12.6. The van der Waals surface area contributed by atoms with Crippen molar-refractivity contribution in [3.05, 3.63) is 47.2 Å². The van der Waals surface area contributed by atoms with E-state index in [2.05, 4.69) is 10.6 Å². The molecule has 2 amide bonds. The van der Waals surface area contributed by atoms with Gasteiger partial charge in [-0.15, -0.1) is 0 Å². The zero-order valence-electron chi connectivity index (χ0n) is 18.4. The number of hydrogen-bond acceptors (Lipinski definition) is 6. The molecule has 4 rings (SSSR count). The van der Waals surface area contributed by atoms with Crippen LogP contribution in [0.3, 0.4) is 0 Å². The summed E-state index contributed by atoms with van der Waals surface area (Å²) in [7, 11) is -4.26. The average molecular weight is 528 g/mol. The van der Waals surface area contributed by atoms with Crippen LogP contribution in [0.4, 0.5) is 20.6 Å². The van der Waals surface area contributed by atoms with Crippen LogP contribution in [-0.4, -0.2) is 57.9 Å². The second kappa shape index (κ2) is 10.3. The number of carbonyl (C=O) groups is 2. The Labute approximate surface area is 206 Å². The Morgan fingerprint density at radius 3 is 2.71 bits per heavy atom. The number of anilines is 2. The molecular weight excluding hydrogens is 505 g/mol. The minimum absolute atomic E-state index is 0.0279. The number of hydrogen-bond donors (Lipinski definition) is 3. The van der Waals surface area contributed by atoms with Gasteiger partial charge in [0.15, 0.2) is 0 Å². The normalized spacial score (nSPS) is 19.9. The van der Waals surface area contributed by atoms with Crippen LogP contribution in [0.1, 0.15) is 12.8 Å². The van der Waals surface area contributed by atoms with Crippen LogP contribution in [0.2, 0.25) is 5.02 Å². The molecule has 2 aromatic rings. The van der Waals surface area contributed by atoms with E-state index in [-0.39, 0.29) is 52.0 Å². The van der Waals surface area contributed by atoms with Crippen LogP contribution in [-0.2, 0) is 19.6 Å². The fourth-order valence-electron chi connectivity index (χ4n) is 3.92. The van der Waals surface area contributed by atoms with E-state index in [9.17, 15) is 22.4 Å². The molecule has 35 heavy (non-hydrogen) atoms. The lowest BCUT2D eigenvalue weighted by atomic mass is 10.0. The summed E-state index contributed by atoms with van der Waals surface area (Å²) in [4.78, 5) is 23.3. The maximum absolute atomic E-state index is 13.7. The fourth-order valence-corrected chi connectivity index (χ4v) is 5.69. The molecule has 0 radical (unpaired) electrons. The molecule has 3 N–H and O–H groups in total. The zero-order chi connectivity index (χ0) is 25.2. The molecule has 10 nitrogen and oxygen atoms in total. The largest absolute Gasteiger partial charge is 0.484 e. The first-order chi connectivity index (χ1) is 16.6. The van der Waals surface area contributed by atoms with Crippen molar-refractivity contribution in [2.75, 3.05) is 35.9 Å². The number of rotatable bonds is 6. The number of fused-ring (bicyclic) bond motifs is 1. The highest BCUT2D eigenvalue weighted by Gasteiger charge is 2.36. The van der Waals surface area contributed by atoms with E-state index in [0.29, 0.717) is 19.6 Å². The summed E-state index contributed by atoms with van der Waals surface area (Å²) in [6.07, 6.45) is -0.593. The molecule has 2 aromatic carbocycles. The molecule has 2 aliphatic heterocycles. The fraction of sp³-hybridized carbons (Fsp3) is 0.364. The Morgan fingerprint density at radius 1 is 1.23 bits per heavy atom. The van der Waals surface area contributed by atoms with Crippen molar-refractivity contribution in [2.24, 2.45) is 5.92 Å². The lowest BCUT2D eigenvalue weighted by Crippen LogP contribution is -2.49. The highest BCUT2D eigenvalue weighted by molar-refractivity contribution is 7.92. The minimum Gasteiger partial charge on any atom is -0.484 e. The van der Waals surface area contributed by atoms with Gasteiger partial charge >= 0.3 is 6.09 Å². The highest BCUT2D eigenvalue weighted by atomic mass is 35.5. The molecule has 1 unspecified atom stereocenters. The lowest BCUT2D eigenvalue weighted by Gasteiger charge is -2.36. The minimum atomic E-state index is -4.26. The van der Waals surface area contributed by atoms with Crippen LogP contribution >= 0.6 is 11.6 Å². The molecule has 2 aliphatic rings. The molecule has 0 saturated carbocycles. The van der Waals surface area contributed by atoms with Crippen molar-refractivity contribution in [3.63, 3.8) is 0 Å². The van der Waals surface area contributed by atoms with Crippen LogP contribution in [0.5, 0.6) is 5.75 Å². The standard InChI is InChI=1S/C22H23ClFN3O7S/c23-17-9-16(4-5-18(17)24)35(31,32)27-11-15(10-25-21(28)13-2-1-7-33-12-13)34-20-6-3-14(8-19(20)27)26-22(29)30/h3-6,8-9,13,15,26H,1-2,7,10-12H2,(H,25,28)(H,29,30)/t13?,15-/m0/s1. The Balaban J connectivity index is 1.62. The molecule has 1 saturated heterocycles. The first kappa shape index (κ1) is 25.0. The van der Waals surface area contributed by atoms with Gasteiger partial charge < -0.3 is 19.9 Å². The van der Waals surface area contributed by atoms with Gasteiger partial charge in [0.05, 0.1) is 41.2 Å². The van der Waals surface area contributed by atoms with Gasteiger partial charge in [-0.05, 0) is 49.2 Å². The number of carboxylic acid groups (broad SMARTS) is 1. The van der Waals surface area contributed by atoms with Gasteiger partial charge in [0.2, 0.25) is 5.91 Å². The zero-order valence-corrected chi connectivity index (χ0v) is 19.9. The quantitative estimate of drug-likeness (QED) is 0.525. The topological polar surface area (TPSA) is 134 Å². The van der Waals surface area contributed by atoms with Crippen molar-refractivity contribution in [3.8, 4) is 5.75 Å². The van der Waals surface area contributed by atoms with Gasteiger partial charge in [0.25, 0.3) is 10.0 Å². The molecule has 13 heteroatoms. The van der Waals surface area contributed by atoms with Crippen molar-refractivity contribution in [1.82, 2.24) is 5.32 Å². The van der Waals surface area contributed by atoms with Crippen LogP contribution < -0.4 is 19.7 Å². The number of amides is 2. The monoisotopic (exact) mass is 527 g/mol. The second-order valence-corrected chi connectivity index (χ2v) is 10.4. The van der Waals surface area contributed by atoms with Crippen molar-refractivity contribution in [1.29, 1.82) is 0 Å². The molecule has 0 aromatic heterocycles. The molecular formula is C22H23ClFN3O7S. The summed E-state index contributed by atoms with van der Waals surface area (Å²) < 4.78 is 53.0. The summed E-state index contributed by atoms with van der Waals surface area (Å²) in [6, 6.07) is 7.21. The average Bonchev–Trinajstić information content (AvgIpc) is 2.83. The Morgan fingerprint density at radius 2 is 2.03 bits per heavy atom. The van der Waals surface area contributed by atoms with E-state index in [1.807, 2.05) is 0 Å². The summed E-state index contributed by atoms with van der Waals surface area (Å²) in [5.74, 6) is -1.09. The number of halogens is 2. The molecule has 0 bridgehead atoms. The number of sulfonamides is 1. The molecule has 0 spiro atoms. The third-order valence-corrected chi connectivity index (χ3v) is 7.72. The van der Waals surface area contributed by atoms with Crippen molar-refractivity contribution >= 4 is 45.0 Å². The van der Waals surface area contributed by atoms with Gasteiger partial charge in [-0.25, -0.2) is 17.6 Å². The number of nitrogens with one attached hydrogen (secondary N) is 2. The second-order valence-electron chi connectivity index (χ2n) is 8.12. The predicted molar refractivity (Wildman–Crippen MR) is 125 cm³/mol. The Bertz CT molecular complexity index is 1240. The van der Waals surface area contributed by atoms with Gasteiger partial charge in [0, 0.05) is 12.3 Å². The Kier molecular flexibility index (Phi) is 7.33. The number of benzene rings is 2. The van der Waals surface area contributed by atoms with E-state index in [4.69, 9.17) is 26.2 Å². The summed E-state index contributed by atoms with van der Waals surface area (Å²) in [6.45, 7) is 0.777. The number of ether oxygens (including phenoxy) is 2. The Hall–Kier alpha value is -3.09. The highest BCUT2D eigenvalue weighted by Crippen LogP contribution is 2.39. The van der Waals surface area contributed by atoms with Crippen LogP contribution in [0, 0.1) is 11.7 Å². The number of nitrogens with zero attached hydrogens (tertiary/aromatic N) is 1. The smallest absolute Gasteiger partial charge is 0.409 e. The molecule has 0 aliphatic carbocycles. The molecule has 2 heterocycles. The SMILES string of the molecule is O=C(O)Nc1ccc2c(c1)N(S(=O)(=O)c1ccc(F)c(Cl)c1)C[C@H](CNC(=O)C1CCCOC1)O2. The lowest BCUT2D eigenvalue weighted by molar-refractivity contribution is -0.129. The first-order valence-electron chi connectivity index (χ1n) is 10.8. The summed E-state index contributed by atoms with van der Waals surface area (Å²) in [5.41, 5.74) is 0.209. The van der Waals surface area contributed by atoms with Gasteiger partial charge in [0.1, 0.15) is 17.7 Å². The summed E-state index contributed by atoms with van der Waals surface area (Å²) >= 11 is 5.81. The predicted octanol–water partition coefficient (Wildman–Crippen LogP) is 3.07. The van der Waals surface area contributed by atoms with Gasteiger partial charge in [-0.3, -0.25) is 14.4 Å². The van der Waals surface area contributed by atoms with Crippen molar-refractivity contribution < 1.29 is 37.0 Å². The van der Waals surface area contributed by atoms with E-state index < -0.39 is 28.0 Å². The van der Waals surface area contributed by atoms with E-state index >= 15 is 0 Å². The number of carbonyl (C=O) groups excluding carboxylic acids is 1. The summed E-state index contributed by atoms with van der Waals surface area (Å²) in [5, 5.41) is 13.6. The van der Waals surface area contributed by atoms with E-state index in [0.717, 1.165) is 28.9 Å². The van der Waals surface area contributed by atoms with E-state index in [1.165, 1.54) is 18.2 Å². The van der Waals surface area contributed by atoms with Crippen LogP contribution in [0.25, 0.3) is 0 Å². The third-order valence-electron chi connectivity index (χ3n) is 5.66. The van der Waals surface area contributed by atoms with Crippen LogP contribution in [0.15, 0.2) is 41.3 Å². The maximum Gasteiger partial charge on any atom is 0.409 e. The molecule has 1 fully saturated rings. The molecule has 188 valence electrons. The maximum atomic E-state index is 13.7. The van der Waals surface area contributed by atoms with Gasteiger partial charge in [-0.2, -0.15) is 0 Å². The van der Waals surface area contributed by atoms with Crippen molar-refractivity contribution in [2.45, 2.75) is 23.8 Å². The third kappa shape index (κ3) is 5.60. The molecule has 2 atom stereocenters. The van der Waals surface area contributed by atoms with E-state index in [1.54, 1.807) is 0 Å². The van der Waals surface area contributed by atoms with Gasteiger partial charge in [-0.1, -0.05) is 11.6 Å².